The topological polar surface area (TPSA) is 49.4 Å². The lowest BCUT2D eigenvalue weighted by atomic mass is 9.97. The fraction of sp³-hybridized carbons (Fsp3) is 1.00. The molecule has 17 heavy (non-hydrogen) atoms. The summed E-state index contributed by atoms with van der Waals surface area (Å²) in [5.41, 5.74) is 0. The van der Waals surface area contributed by atoms with Crippen LogP contribution in [0, 0.1) is 0 Å². The van der Waals surface area contributed by atoms with E-state index in [9.17, 15) is 8.42 Å². The number of hydrogen-bond donors (Lipinski definition) is 1. The van der Waals surface area contributed by atoms with Gasteiger partial charge in [0, 0.05) is 24.4 Å². The van der Waals surface area contributed by atoms with Crippen molar-refractivity contribution in [3.8, 4) is 0 Å². The largest absolute Gasteiger partial charge is 0.310 e. The molecule has 3 atom stereocenters. The first kappa shape index (κ1) is 13.3. The molecule has 0 amide bonds. The van der Waals surface area contributed by atoms with E-state index in [-0.39, 0.29) is 11.8 Å². The molecule has 2 rings (SSSR count). The molecule has 2 saturated heterocycles. The number of piperidine rings is 1. The molecule has 100 valence electrons. The Kier molecular flexibility index (Phi) is 4.10. The van der Waals surface area contributed by atoms with Crippen molar-refractivity contribution >= 4 is 9.84 Å². The molecular weight excluding hydrogens is 236 g/mol. The summed E-state index contributed by atoms with van der Waals surface area (Å²) >= 11 is 0. The van der Waals surface area contributed by atoms with Gasteiger partial charge >= 0.3 is 0 Å². The van der Waals surface area contributed by atoms with Gasteiger partial charge in [-0.25, -0.2) is 8.42 Å². The summed E-state index contributed by atoms with van der Waals surface area (Å²) < 4.78 is 22.4. The molecule has 2 aliphatic heterocycles. The Morgan fingerprint density at radius 2 is 2.12 bits per heavy atom. The Balaban J connectivity index is 1.80. The number of sulfone groups is 1. The van der Waals surface area contributed by atoms with Gasteiger partial charge in [-0.3, -0.25) is 0 Å². The van der Waals surface area contributed by atoms with E-state index in [1.165, 1.54) is 38.6 Å². The molecule has 2 heterocycles. The molecule has 3 unspecified atom stereocenters. The molecule has 2 fully saturated rings. The van der Waals surface area contributed by atoms with Crippen LogP contribution in [0.4, 0.5) is 0 Å². The van der Waals surface area contributed by atoms with Crippen LogP contribution in [0.3, 0.4) is 0 Å². The molecule has 1 N–H and O–H groups in total. The van der Waals surface area contributed by atoms with Crippen LogP contribution in [-0.4, -0.2) is 56.5 Å². The highest BCUT2D eigenvalue weighted by atomic mass is 32.2. The second-order valence-electron chi connectivity index (χ2n) is 5.71. The van der Waals surface area contributed by atoms with Crippen LogP contribution in [0.15, 0.2) is 0 Å². The monoisotopic (exact) mass is 260 g/mol. The van der Waals surface area contributed by atoms with Gasteiger partial charge in [-0.05, 0) is 45.7 Å². The maximum Gasteiger partial charge on any atom is 0.148 e. The van der Waals surface area contributed by atoms with Crippen molar-refractivity contribution in [2.45, 2.75) is 50.7 Å². The Hall–Kier alpha value is -0.130. The molecule has 0 aromatic carbocycles. The average molecular weight is 260 g/mol. The predicted octanol–water partition coefficient (Wildman–Crippen LogP) is 0.636. The second kappa shape index (κ2) is 5.24. The number of nitrogens with one attached hydrogen (secondary N) is 1. The van der Waals surface area contributed by atoms with Crippen LogP contribution < -0.4 is 5.32 Å². The third-order valence-electron chi connectivity index (χ3n) is 3.89. The molecule has 2 aliphatic rings. The summed E-state index contributed by atoms with van der Waals surface area (Å²) in [6, 6.07) is 1.32. The minimum absolute atomic E-state index is 0.0722. The zero-order chi connectivity index (χ0) is 12.5. The first-order valence-corrected chi connectivity index (χ1v) is 8.68. The normalized spacial score (nSPS) is 32.4. The summed E-state index contributed by atoms with van der Waals surface area (Å²) in [5, 5.41) is 3.48. The van der Waals surface area contributed by atoms with Crippen molar-refractivity contribution in [1.82, 2.24) is 10.2 Å². The van der Waals surface area contributed by atoms with Crippen LogP contribution in [-0.2, 0) is 9.84 Å². The van der Waals surface area contributed by atoms with E-state index in [1.807, 2.05) is 6.92 Å². The SMILES string of the molecule is CC(CS(C)(=O)=O)NC1CCN2CCCC2C1. The van der Waals surface area contributed by atoms with Gasteiger partial charge in [0.2, 0.25) is 0 Å². The van der Waals surface area contributed by atoms with Gasteiger partial charge in [0.05, 0.1) is 5.75 Å². The lowest BCUT2D eigenvalue weighted by Gasteiger charge is -2.36. The van der Waals surface area contributed by atoms with E-state index in [2.05, 4.69) is 10.2 Å². The smallest absolute Gasteiger partial charge is 0.148 e. The molecule has 4 nitrogen and oxygen atoms in total. The Labute approximate surface area is 105 Å². The number of fused-ring (bicyclic) bond motifs is 1. The van der Waals surface area contributed by atoms with Gasteiger partial charge in [-0.15, -0.1) is 0 Å². The average Bonchev–Trinajstić information content (AvgIpc) is 2.61. The molecular formula is C12H24N2O2S. The lowest BCUT2D eigenvalue weighted by molar-refractivity contribution is 0.163. The zero-order valence-electron chi connectivity index (χ0n) is 10.9. The van der Waals surface area contributed by atoms with Gasteiger partial charge in [0.1, 0.15) is 9.84 Å². The zero-order valence-corrected chi connectivity index (χ0v) is 11.7. The Morgan fingerprint density at radius 1 is 1.35 bits per heavy atom. The van der Waals surface area contributed by atoms with E-state index in [4.69, 9.17) is 0 Å². The third kappa shape index (κ3) is 3.93. The predicted molar refractivity (Wildman–Crippen MR) is 69.9 cm³/mol. The van der Waals surface area contributed by atoms with Gasteiger partial charge in [-0.2, -0.15) is 0 Å². The summed E-state index contributed by atoms with van der Waals surface area (Å²) in [6.07, 6.45) is 6.30. The maximum absolute atomic E-state index is 11.2. The van der Waals surface area contributed by atoms with Crippen molar-refractivity contribution in [3.05, 3.63) is 0 Å². The number of hydrogen-bond acceptors (Lipinski definition) is 4. The van der Waals surface area contributed by atoms with Crippen molar-refractivity contribution in [3.63, 3.8) is 0 Å². The van der Waals surface area contributed by atoms with E-state index >= 15 is 0 Å². The van der Waals surface area contributed by atoms with Crippen molar-refractivity contribution < 1.29 is 8.42 Å². The lowest BCUT2D eigenvalue weighted by Crippen LogP contribution is -2.49. The quantitative estimate of drug-likeness (QED) is 0.806. The molecule has 0 spiro atoms. The van der Waals surface area contributed by atoms with Crippen LogP contribution in [0.2, 0.25) is 0 Å². The number of nitrogens with zero attached hydrogens (tertiary/aromatic N) is 1. The van der Waals surface area contributed by atoms with E-state index in [1.54, 1.807) is 0 Å². The first-order chi connectivity index (χ1) is 7.94. The van der Waals surface area contributed by atoms with Crippen molar-refractivity contribution in [2.24, 2.45) is 0 Å². The van der Waals surface area contributed by atoms with E-state index < -0.39 is 9.84 Å². The van der Waals surface area contributed by atoms with Gasteiger partial charge in [0.25, 0.3) is 0 Å². The summed E-state index contributed by atoms with van der Waals surface area (Å²) in [5.74, 6) is 0.248. The fourth-order valence-electron chi connectivity index (χ4n) is 3.28. The van der Waals surface area contributed by atoms with Crippen molar-refractivity contribution in [2.75, 3.05) is 25.1 Å². The standard InChI is InChI=1S/C12H24N2O2S/c1-10(9-17(2,15)16)13-11-5-7-14-6-3-4-12(14)8-11/h10-13H,3-9H2,1-2H3. The van der Waals surface area contributed by atoms with Crippen LogP contribution in [0.25, 0.3) is 0 Å². The molecule has 0 aromatic rings. The first-order valence-electron chi connectivity index (χ1n) is 6.62. The molecule has 0 aliphatic carbocycles. The van der Waals surface area contributed by atoms with Crippen LogP contribution in [0.5, 0.6) is 0 Å². The minimum atomic E-state index is -2.86. The number of rotatable bonds is 4. The highest BCUT2D eigenvalue weighted by Gasteiger charge is 2.32. The van der Waals surface area contributed by atoms with E-state index in [0.29, 0.717) is 6.04 Å². The summed E-state index contributed by atoms with van der Waals surface area (Å²) in [4.78, 5) is 2.58. The second-order valence-corrected chi connectivity index (χ2v) is 7.90. The van der Waals surface area contributed by atoms with E-state index in [0.717, 1.165) is 12.5 Å². The van der Waals surface area contributed by atoms with Crippen LogP contribution in [0.1, 0.15) is 32.6 Å². The fourth-order valence-corrected chi connectivity index (χ4v) is 4.28. The maximum atomic E-state index is 11.2. The molecule has 5 heteroatoms. The highest BCUT2D eigenvalue weighted by molar-refractivity contribution is 7.90. The summed E-state index contributed by atoms with van der Waals surface area (Å²) in [6.45, 7) is 4.41. The van der Waals surface area contributed by atoms with Gasteiger partial charge in [0.15, 0.2) is 0 Å². The Bertz CT molecular complexity index is 356. The Morgan fingerprint density at radius 3 is 2.82 bits per heavy atom. The summed E-state index contributed by atoms with van der Waals surface area (Å²) in [7, 11) is -2.86. The molecule has 0 radical (unpaired) electrons. The third-order valence-corrected chi connectivity index (χ3v) is 5.00. The highest BCUT2D eigenvalue weighted by Crippen LogP contribution is 2.26. The molecule has 0 bridgehead atoms. The van der Waals surface area contributed by atoms with Gasteiger partial charge < -0.3 is 10.2 Å². The molecule has 0 saturated carbocycles. The van der Waals surface area contributed by atoms with Crippen molar-refractivity contribution in [1.29, 1.82) is 0 Å². The molecule has 0 aromatic heterocycles. The van der Waals surface area contributed by atoms with Gasteiger partial charge in [-0.1, -0.05) is 0 Å². The van der Waals surface area contributed by atoms with Crippen LogP contribution >= 0.6 is 0 Å². The minimum Gasteiger partial charge on any atom is -0.310 e.